The van der Waals surface area contributed by atoms with Gasteiger partial charge in [0.2, 0.25) is 10.0 Å². The zero-order valence-corrected chi connectivity index (χ0v) is 13.6. The highest BCUT2D eigenvalue weighted by molar-refractivity contribution is 7.89. The van der Waals surface area contributed by atoms with Crippen molar-refractivity contribution in [3.05, 3.63) is 24.3 Å². The molecule has 2 atom stereocenters. The fraction of sp³-hybridized carbons (Fsp3) is 0.600. The third kappa shape index (κ3) is 4.49. The summed E-state index contributed by atoms with van der Waals surface area (Å²) in [5.74, 6) is 0.625. The standard InChI is InChI=1S/C15H26N2O2S/c1-5-12(3)11-13(6-2)17-14-9-7-8-10-15(14)20(18,19)16-4/h7-10,12-13,16-17H,5-6,11H2,1-4H3. The molecule has 2 unspecified atom stereocenters. The van der Waals surface area contributed by atoms with Crippen molar-refractivity contribution in [1.29, 1.82) is 0 Å². The second-order valence-electron chi connectivity index (χ2n) is 5.20. The van der Waals surface area contributed by atoms with Crippen LogP contribution >= 0.6 is 0 Å². The van der Waals surface area contributed by atoms with E-state index < -0.39 is 10.0 Å². The molecule has 4 nitrogen and oxygen atoms in total. The largest absolute Gasteiger partial charge is 0.381 e. The zero-order chi connectivity index (χ0) is 15.2. The van der Waals surface area contributed by atoms with Gasteiger partial charge in [-0.05, 0) is 37.9 Å². The second kappa shape index (κ2) is 7.64. The fourth-order valence-electron chi connectivity index (χ4n) is 2.13. The van der Waals surface area contributed by atoms with Crippen LogP contribution in [0.2, 0.25) is 0 Å². The summed E-state index contributed by atoms with van der Waals surface area (Å²) in [7, 11) is -2.00. The highest BCUT2D eigenvalue weighted by atomic mass is 32.2. The lowest BCUT2D eigenvalue weighted by Gasteiger charge is -2.23. The lowest BCUT2D eigenvalue weighted by atomic mass is 9.97. The van der Waals surface area contributed by atoms with Gasteiger partial charge in [-0.3, -0.25) is 0 Å². The number of sulfonamides is 1. The van der Waals surface area contributed by atoms with Crippen molar-refractivity contribution >= 4 is 15.7 Å². The molecule has 0 spiro atoms. The summed E-state index contributed by atoms with van der Waals surface area (Å²) in [6, 6.07) is 7.34. The summed E-state index contributed by atoms with van der Waals surface area (Å²) < 4.78 is 26.4. The van der Waals surface area contributed by atoms with Crippen molar-refractivity contribution in [1.82, 2.24) is 4.72 Å². The Morgan fingerprint density at radius 2 is 1.80 bits per heavy atom. The SMILES string of the molecule is CCC(C)CC(CC)Nc1ccccc1S(=O)(=O)NC. The molecule has 0 aromatic heterocycles. The van der Waals surface area contributed by atoms with Gasteiger partial charge < -0.3 is 5.32 Å². The second-order valence-corrected chi connectivity index (χ2v) is 7.06. The Labute approximate surface area is 123 Å². The van der Waals surface area contributed by atoms with E-state index in [9.17, 15) is 8.42 Å². The third-order valence-electron chi connectivity index (χ3n) is 3.68. The molecule has 0 amide bonds. The number of benzene rings is 1. The van der Waals surface area contributed by atoms with Gasteiger partial charge in [0.1, 0.15) is 4.90 Å². The van der Waals surface area contributed by atoms with Gasteiger partial charge in [0, 0.05) is 6.04 Å². The van der Waals surface area contributed by atoms with Crippen LogP contribution in [0.25, 0.3) is 0 Å². The van der Waals surface area contributed by atoms with Crippen LogP contribution in [0, 0.1) is 5.92 Å². The van der Waals surface area contributed by atoms with E-state index in [1.165, 1.54) is 7.05 Å². The van der Waals surface area contributed by atoms with E-state index >= 15 is 0 Å². The molecule has 0 aliphatic rings. The maximum Gasteiger partial charge on any atom is 0.242 e. The van der Waals surface area contributed by atoms with Gasteiger partial charge >= 0.3 is 0 Å². The van der Waals surface area contributed by atoms with Gasteiger partial charge in [0.05, 0.1) is 5.69 Å². The van der Waals surface area contributed by atoms with Crippen LogP contribution < -0.4 is 10.0 Å². The van der Waals surface area contributed by atoms with E-state index in [1.54, 1.807) is 12.1 Å². The van der Waals surface area contributed by atoms with E-state index in [2.05, 4.69) is 30.8 Å². The average molecular weight is 298 g/mol. The molecule has 1 aromatic carbocycles. The number of para-hydroxylation sites is 1. The smallest absolute Gasteiger partial charge is 0.242 e. The number of anilines is 1. The van der Waals surface area contributed by atoms with E-state index in [0.29, 0.717) is 16.5 Å². The van der Waals surface area contributed by atoms with Gasteiger partial charge in [-0.1, -0.05) is 39.3 Å². The Bertz CT molecular complexity index is 514. The van der Waals surface area contributed by atoms with Crippen molar-refractivity contribution in [3.63, 3.8) is 0 Å². The van der Waals surface area contributed by atoms with Crippen molar-refractivity contribution in [2.24, 2.45) is 5.92 Å². The minimum atomic E-state index is -3.43. The molecule has 0 saturated heterocycles. The first kappa shape index (κ1) is 17.0. The normalized spacial score (nSPS) is 14.8. The Balaban J connectivity index is 2.97. The molecule has 0 aliphatic carbocycles. The average Bonchev–Trinajstić information content (AvgIpc) is 2.46. The predicted molar refractivity (Wildman–Crippen MR) is 84.5 cm³/mol. The summed E-state index contributed by atoms with van der Waals surface area (Å²) in [5.41, 5.74) is 0.678. The predicted octanol–water partition coefficient (Wildman–Crippen LogP) is 3.22. The molecular weight excluding hydrogens is 272 g/mol. The molecule has 114 valence electrons. The minimum Gasteiger partial charge on any atom is -0.381 e. The molecule has 2 N–H and O–H groups in total. The van der Waals surface area contributed by atoms with Gasteiger partial charge in [0.25, 0.3) is 0 Å². The topological polar surface area (TPSA) is 58.2 Å². The maximum absolute atomic E-state index is 12.0. The number of nitrogens with one attached hydrogen (secondary N) is 2. The van der Waals surface area contributed by atoms with Crippen LogP contribution in [0.15, 0.2) is 29.2 Å². The molecule has 1 rings (SSSR count). The van der Waals surface area contributed by atoms with Crippen LogP contribution in [0.4, 0.5) is 5.69 Å². The monoisotopic (exact) mass is 298 g/mol. The Hall–Kier alpha value is -1.07. The minimum absolute atomic E-state index is 0.290. The number of hydrogen-bond acceptors (Lipinski definition) is 3. The van der Waals surface area contributed by atoms with E-state index in [0.717, 1.165) is 19.3 Å². The molecule has 0 saturated carbocycles. The summed E-state index contributed by atoms with van der Waals surface area (Å²) in [6.45, 7) is 6.52. The first-order valence-corrected chi connectivity index (χ1v) is 8.72. The Morgan fingerprint density at radius 3 is 2.35 bits per heavy atom. The maximum atomic E-state index is 12.0. The highest BCUT2D eigenvalue weighted by Gasteiger charge is 2.18. The first-order chi connectivity index (χ1) is 9.44. The quantitative estimate of drug-likeness (QED) is 0.774. The van der Waals surface area contributed by atoms with E-state index in [4.69, 9.17) is 0 Å². The fourth-order valence-corrected chi connectivity index (χ4v) is 3.02. The Kier molecular flexibility index (Phi) is 6.49. The van der Waals surface area contributed by atoms with Crippen LogP contribution in [0.5, 0.6) is 0 Å². The summed E-state index contributed by atoms with van der Waals surface area (Å²) in [6.07, 6.45) is 3.15. The van der Waals surface area contributed by atoms with Gasteiger partial charge in [0.15, 0.2) is 0 Å². The highest BCUT2D eigenvalue weighted by Crippen LogP contribution is 2.24. The lowest BCUT2D eigenvalue weighted by Crippen LogP contribution is -2.25. The first-order valence-electron chi connectivity index (χ1n) is 7.23. The van der Waals surface area contributed by atoms with E-state index in [-0.39, 0.29) is 6.04 Å². The van der Waals surface area contributed by atoms with Crippen molar-refractivity contribution in [3.8, 4) is 0 Å². The molecule has 5 heteroatoms. The third-order valence-corrected chi connectivity index (χ3v) is 5.15. The van der Waals surface area contributed by atoms with Gasteiger partial charge in [-0.2, -0.15) is 0 Å². The molecule has 0 bridgehead atoms. The molecule has 0 radical (unpaired) electrons. The van der Waals surface area contributed by atoms with Gasteiger partial charge in [-0.25, -0.2) is 13.1 Å². The molecule has 1 aromatic rings. The summed E-state index contributed by atoms with van der Waals surface area (Å²) >= 11 is 0. The van der Waals surface area contributed by atoms with Crippen LogP contribution in [-0.4, -0.2) is 21.5 Å². The van der Waals surface area contributed by atoms with Crippen molar-refractivity contribution in [2.45, 2.75) is 51.0 Å². The van der Waals surface area contributed by atoms with Gasteiger partial charge in [-0.15, -0.1) is 0 Å². The van der Waals surface area contributed by atoms with Crippen LogP contribution in [-0.2, 0) is 10.0 Å². The summed E-state index contributed by atoms with van der Waals surface area (Å²) in [5, 5.41) is 3.38. The Morgan fingerprint density at radius 1 is 1.15 bits per heavy atom. The van der Waals surface area contributed by atoms with Crippen LogP contribution in [0.3, 0.4) is 0 Å². The zero-order valence-electron chi connectivity index (χ0n) is 12.8. The van der Waals surface area contributed by atoms with Crippen LogP contribution in [0.1, 0.15) is 40.0 Å². The molecule has 0 heterocycles. The summed E-state index contributed by atoms with van der Waals surface area (Å²) in [4.78, 5) is 0.310. The molecule has 20 heavy (non-hydrogen) atoms. The number of hydrogen-bond donors (Lipinski definition) is 2. The van der Waals surface area contributed by atoms with Crippen molar-refractivity contribution < 1.29 is 8.42 Å². The molecule has 0 aliphatic heterocycles. The van der Waals surface area contributed by atoms with Crippen molar-refractivity contribution in [2.75, 3.05) is 12.4 Å². The molecule has 0 fully saturated rings. The van der Waals surface area contributed by atoms with E-state index in [1.807, 2.05) is 12.1 Å². The number of rotatable bonds is 8. The molecular formula is C15H26N2O2S. The lowest BCUT2D eigenvalue weighted by molar-refractivity contribution is 0.461.